The molecular formula is C25H29N3O2. The molecule has 1 aromatic heterocycles. The third-order valence-corrected chi connectivity index (χ3v) is 5.77. The molecule has 5 nitrogen and oxygen atoms in total. The summed E-state index contributed by atoms with van der Waals surface area (Å²) < 4.78 is 8.00. The van der Waals surface area contributed by atoms with Crippen LogP contribution < -0.4 is 4.74 Å². The smallest absolute Gasteiger partial charge is 0.270 e. The van der Waals surface area contributed by atoms with Crippen LogP contribution in [0.3, 0.4) is 0 Å². The summed E-state index contributed by atoms with van der Waals surface area (Å²) >= 11 is 0. The molecule has 2 aromatic carbocycles. The van der Waals surface area contributed by atoms with Crippen molar-refractivity contribution in [1.82, 2.24) is 14.4 Å². The van der Waals surface area contributed by atoms with Crippen LogP contribution in [0.5, 0.6) is 5.75 Å². The molecule has 0 atom stereocenters. The van der Waals surface area contributed by atoms with Gasteiger partial charge in [0.2, 0.25) is 0 Å². The van der Waals surface area contributed by atoms with Crippen molar-refractivity contribution >= 4 is 16.8 Å². The Morgan fingerprint density at radius 1 is 1.07 bits per heavy atom. The summed E-state index contributed by atoms with van der Waals surface area (Å²) in [7, 11) is 0. The highest BCUT2D eigenvalue weighted by Gasteiger charge is 2.25. The number of hydrogen-bond acceptors (Lipinski definition) is 3. The fourth-order valence-electron chi connectivity index (χ4n) is 4.07. The van der Waals surface area contributed by atoms with Crippen LogP contribution in [0.15, 0.2) is 67.3 Å². The molecular weight excluding hydrogens is 374 g/mol. The minimum atomic E-state index is 0.0903. The van der Waals surface area contributed by atoms with Gasteiger partial charge >= 0.3 is 0 Å². The van der Waals surface area contributed by atoms with Crippen molar-refractivity contribution in [2.75, 3.05) is 39.3 Å². The maximum atomic E-state index is 13.5. The number of piperazine rings is 1. The van der Waals surface area contributed by atoms with Crippen molar-refractivity contribution < 1.29 is 9.53 Å². The molecule has 0 spiro atoms. The van der Waals surface area contributed by atoms with E-state index in [4.69, 9.17) is 4.74 Å². The summed E-state index contributed by atoms with van der Waals surface area (Å²) in [5, 5.41) is 0.964. The van der Waals surface area contributed by atoms with E-state index in [1.807, 2.05) is 41.3 Å². The number of likely N-dealkylation sites (N-methyl/N-ethyl adjacent to an activating group) is 1. The number of benzene rings is 2. The van der Waals surface area contributed by atoms with Gasteiger partial charge in [-0.3, -0.25) is 4.79 Å². The lowest BCUT2D eigenvalue weighted by Gasteiger charge is -2.34. The molecule has 0 saturated carbocycles. The second-order valence-corrected chi connectivity index (χ2v) is 7.62. The molecule has 4 rings (SSSR count). The predicted octanol–water partition coefficient (Wildman–Crippen LogP) is 4.03. The number of nitrogens with zero attached hydrogens (tertiary/aromatic N) is 3. The van der Waals surface area contributed by atoms with E-state index in [0.29, 0.717) is 18.8 Å². The van der Waals surface area contributed by atoms with Gasteiger partial charge in [-0.15, -0.1) is 0 Å². The van der Waals surface area contributed by atoms with Crippen molar-refractivity contribution in [2.24, 2.45) is 0 Å². The number of hydrogen-bond donors (Lipinski definition) is 0. The van der Waals surface area contributed by atoms with Gasteiger partial charge in [0.05, 0.1) is 5.52 Å². The highest BCUT2D eigenvalue weighted by Crippen LogP contribution is 2.30. The standard InChI is InChI=1S/C25H29N3O2/c1-3-17-30-24-12-8-11-22-21(24)18-23(28(22)19-20-9-6-5-7-10-20)25(29)27-15-13-26(4-2)14-16-27/h3,5-12,18H,1,4,13-17,19H2,2H3. The molecule has 3 aromatic rings. The summed E-state index contributed by atoms with van der Waals surface area (Å²) in [5.74, 6) is 0.872. The molecule has 0 aliphatic carbocycles. The average Bonchev–Trinajstić information content (AvgIpc) is 3.17. The first-order chi connectivity index (χ1) is 14.7. The molecule has 30 heavy (non-hydrogen) atoms. The summed E-state index contributed by atoms with van der Waals surface area (Å²) in [6.45, 7) is 11.4. The Bertz CT molecular complexity index is 1020. The Morgan fingerprint density at radius 3 is 2.53 bits per heavy atom. The van der Waals surface area contributed by atoms with Crippen LogP contribution in [0.2, 0.25) is 0 Å². The van der Waals surface area contributed by atoms with Gasteiger partial charge in [0, 0.05) is 38.1 Å². The molecule has 0 radical (unpaired) electrons. The first-order valence-electron chi connectivity index (χ1n) is 10.6. The van der Waals surface area contributed by atoms with Crippen LogP contribution in [0, 0.1) is 0 Å². The van der Waals surface area contributed by atoms with Crippen LogP contribution in [0.25, 0.3) is 10.9 Å². The maximum Gasteiger partial charge on any atom is 0.270 e. The Labute approximate surface area is 178 Å². The van der Waals surface area contributed by atoms with Crippen LogP contribution in [-0.2, 0) is 6.54 Å². The van der Waals surface area contributed by atoms with E-state index in [0.717, 1.165) is 54.9 Å². The number of aromatic nitrogens is 1. The van der Waals surface area contributed by atoms with E-state index < -0.39 is 0 Å². The predicted molar refractivity (Wildman–Crippen MR) is 121 cm³/mol. The molecule has 2 heterocycles. The lowest BCUT2D eigenvalue weighted by Crippen LogP contribution is -2.48. The monoisotopic (exact) mass is 403 g/mol. The molecule has 1 aliphatic heterocycles. The van der Waals surface area contributed by atoms with Crippen LogP contribution in [0.4, 0.5) is 0 Å². The number of carbonyl (C=O) groups excluding carboxylic acids is 1. The van der Waals surface area contributed by atoms with E-state index in [1.165, 1.54) is 0 Å². The lowest BCUT2D eigenvalue weighted by atomic mass is 10.2. The van der Waals surface area contributed by atoms with E-state index in [-0.39, 0.29) is 5.91 Å². The van der Waals surface area contributed by atoms with Crippen LogP contribution in [-0.4, -0.2) is 59.6 Å². The highest BCUT2D eigenvalue weighted by atomic mass is 16.5. The number of rotatable bonds is 7. The number of amides is 1. The molecule has 156 valence electrons. The SMILES string of the molecule is C=CCOc1cccc2c1cc(C(=O)N1CCN(CC)CC1)n2Cc1ccccc1. The molecule has 5 heteroatoms. The number of fused-ring (bicyclic) bond motifs is 1. The number of carbonyl (C=O) groups is 1. The maximum absolute atomic E-state index is 13.5. The Morgan fingerprint density at radius 2 is 1.83 bits per heavy atom. The Kier molecular flexibility index (Phi) is 6.19. The third-order valence-electron chi connectivity index (χ3n) is 5.77. The van der Waals surface area contributed by atoms with E-state index >= 15 is 0 Å². The molecule has 0 N–H and O–H groups in total. The quantitative estimate of drug-likeness (QED) is 0.559. The second-order valence-electron chi connectivity index (χ2n) is 7.62. The zero-order chi connectivity index (χ0) is 20.9. The molecule has 0 unspecified atom stereocenters. The third kappa shape index (κ3) is 4.12. The van der Waals surface area contributed by atoms with Crippen LogP contribution in [0.1, 0.15) is 23.0 Å². The Balaban J connectivity index is 1.73. The minimum Gasteiger partial charge on any atom is -0.489 e. The highest BCUT2D eigenvalue weighted by molar-refractivity contribution is 6.00. The van der Waals surface area contributed by atoms with Crippen molar-refractivity contribution in [2.45, 2.75) is 13.5 Å². The molecule has 1 aliphatic rings. The summed E-state index contributed by atoms with van der Waals surface area (Å²) in [4.78, 5) is 17.9. The second kappa shape index (κ2) is 9.18. The molecule has 1 fully saturated rings. The summed E-state index contributed by atoms with van der Waals surface area (Å²) in [6, 6.07) is 18.3. The van der Waals surface area contributed by atoms with E-state index in [2.05, 4.69) is 41.2 Å². The van der Waals surface area contributed by atoms with Gasteiger partial charge in [0.25, 0.3) is 5.91 Å². The number of ether oxygens (including phenoxy) is 1. The van der Waals surface area contributed by atoms with Gasteiger partial charge in [0.15, 0.2) is 0 Å². The lowest BCUT2D eigenvalue weighted by molar-refractivity contribution is 0.0633. The normalized spacial score (nSPS) is 14.8. The first kappa shape index (κ1) is 20.2. The van der Waals surface area contributed by atoms with Gasteiger partial charge in [0.1, 0.15) is 18.1 Å². The topological polar surface area (TPSA) is 37.7 Å². The molecule has 0 bridgehead atoms. The first-order valence-corrected chi connectivity index (χ1v) is 10.6. The fraction of sp³-hybridized carbons (Fsp3) is 0.320. The van der Waals surface area contributed by atoms with Gasteiger partial charge in [-0.25, -0.2) is 0 Å². The van der Waals surface area contributed by atoms with Gasteiger partial charge in [-0.05, 0) is 30.3 Å². The van der Waals surface area contributed by atoms with Crippen molar-refractivity contribution in [1.29, 1.82) is 0 Å². The summed E-state index contributed by atoms with van der Waals surface area (Å²) in [6.07, 6.45) is 1.74. The van der Waals surface area contributed by atoms with Crippen molar-refractivity contribution in [3.63, 3.8) is 0 Å². The zero-order valence-electron chi connectivity index (χ0n) is 17.6. The van der Waals surface area contributed by atoms with E-state index in [1.54, 1.807) is 6.08 Å². The Hall–Kier alpha value is -3.05. The zero-order valence-corrected chi connectivity index (χ0v) is 17.6. The average molecular weight is 404 g/mol. The molecule has 1 amide bonds. The van der Waals surface area contributed by atoms with Crippen LogP contribution >= 0.6 is 0 Å². The largest absolute Gasteiger partial charge is 0.489 e. The summed E-state index contributed by atoms with van der Waals surface area (Å²) in [5.41, 5.74) is 2.89. The van der Waals surface area contributed by atoms with Crippen molar-refractivity contribution in [3.8, 4) is 5.75 Å². The van der Waals surface area contributed by atoms with Crippen molar-refractivity contribution in [3.05, 3.63) is 78.5 Å². The van der Waals surface area contributed by atoms with Gasteiger partial charge < -0.3 is 19.1 Å². The van der Waals surface area contributed by atoms with Gasteiger partial charge in [-0.1, -0.05) is 56.0 Å². The fourth-order valence-corrected chi connectivity index (χ4v) is 4.07. The van der Waals surface area contributed by atoms with E-state index in [9.17, 15) is 4.79 Å². The van der Waals surface area contributed by atoms with Gasteiger partial charge in [-0.2, -0.15) is 0 Å². The minimum absolute atomic E-state index is 0.0903. The molecule has 1 saturated heterocycles.